The average molecular weight is 134 g/mol. The molecule has 0 saturated heterocycles. The predicted molar refractivity (Wildman–Crippen MR) is 47.9 cm³/mol. The molecule has 0 nitrogen and oxygen atoms in total. The maximum Gasteiger partial charge on any atom is -0.0100 e. The summed E-state index contributed by atoms with van der Waals surface area (Å²) in [4.78, 5) is 0. The van der Waals surface area contributed by atoms with Gasteiger partial charge in [-0.2, -0.15) is 0 Å². The molecule has 0 N–H and O–H groups in total. The Bertz CT molecular complexity index is 170. The molecule has 0 spiro atoms. The monoisotopic (exact) mass is 134 g/mol. The summed E-state index contributed by atoms with van der Waals surface area (Å²) in [5, 5.41) is 0. The summed E-state index contributed by atoms with van der Waals surface area (Å²) in [5.74, 6) is 0. The molecular weight excluding hydrogens is 120 g/mol. The number of hydrogen-bond acceptors (Lipinski definition) is 0. The van der Waals surface area contributed by atoms with Crippen LogP contribution < -0.4 is 0 Å². The molecule has 0 rings (SSSR count). The molecule has 10 heavy (non-hydrogen) atoms. The Kier molecular flexibility index (Phi) is 4.30. The summed E-state index contributed by atoms with van der Waals surface area (Å²) in [6.07, 6.45) is 6.57. The lowest BCUT2D eigenvalue weighted by Gasteiger charge is -1.94. The van der Waals surface area contributed by atoms with Gasteiger partial charge in [-0.25, -0.2) is 0 Å². The Labute approximate surface area is 63.3 Å². The fourth-order valence-corrected chi connectivity index (χ4v) is 0.684. The van der Waals surface area contributed by atoms with E-state index in [-0.39, 0.29) is 0 Å². The summed E-state index contributed by atoms with van der Waals surface area (Å²) in [6.45, 7) is 13.0. The van der Waals surface area contributed by atoms with Crippen LogP contribution in [0.5, 0.6) is 0 Å². The maximum absolute atomic E-state index is 3.77. The lowest BCUT2D eigenvalue weighted by atomic mass is 10.1. The minimum Gasteiger partial charge on any atom is -0.103 e. The third-order valence-electron chi connectivity index (χ3n) is 1.07. The van der Waals surface area contributed by atoms with Gasteiger partial charge in [0.05, 0.1) is 0 Å². The first-order valence-corrected chi connectivity index (χ1v) is 3.30. The molecule has 0 radical (unpaired) electrons. The predicted octanol–water partition coefficient (Wildman–Crippen LogP) is 3.25. The molecule has 0 aromatic rings. The zero-order valence-corrected chi connectivity index (χ0v) is 6.56. The van der Waals surface area contributed by atoms with Crippen LogP contribution in [0.1, 0.15) is 13.3 Å². The second-order valence-electron chi connectivity index (χ2n) is 2.26. The summed E-state index contributed by atoms with van der Waals surface area (Å²) in [6, 6.07) is 0. The molecule has 0 aromatic heterocycles. The molecule has 0 saturated carbocycles. The van der Waals surface area contributed by atoms with Crippen LogP contribution in [0.4, 0.5) is 0 Å². The van der Waals surface area contributed by atoms with Crippen LogP contribution in [0.25, 0.3) is 0 Å². The van der Waals surface area contributed by atoms with Crippen molar-refractivity contribution < 1.29 is 0 Å². The van der Waals surface area contributed by atoms with Crippen LogP contribution in [0.2, 0.25) is 0 Å². The molecule has 0 fully saturated rings. The largest absolute Gasteiger partial charge is 0.103 e. The van der Waals surface area contributed by atoms with E-state index in [9.17, 15) is 0 Å². The van der Waals surface area contributed by atoms with E-state index < -0.39 is 0 Å². The molecule has 0 aliphatic heterocycles. The smallest absolute Gasteiger partial charge is 0.0100 e. The lowest BCUT2D eigenvalue weighted by Crippen LogP contribution is -1.74. The summed E-state index contributed by atoms with van der Waals surface area (Å²) < 4.78 is 0. The van der Waals surface area contributed by atoms with Crippen molar-refractivity contribution in [3.63, 3.8) is 0 Å². The molecule has 0 bridgehead atoms. The fourth-order valence-electron chi connectivity index (χ4n) is 0.684. The molecular formula is C10H14. The first-order chi connectivity index (χ1) is 4.70. The van der Waals surface area contributed by atoms with E-state index in [2.05, 4.69) is 19.7 Å². The van der Waals surface area contributed by atoms with Crippen LogP contribution in [0.3, 0.4) is 0 Å². The van der Waals surface area contributed by atoms with E-state index in [1.165, 1.54) is 5.57 Å². The first kappa shape index (κ1) is 8.96. The Balaban J connectivity index is 4.16. The zero-order valence-electron chi connectivity index (χ0n) is 6.56. The SMILES string of the molecule is C=CCC(C=C)=CC(=C)C. The van der Waals surface area contributed by atoms with E-state index in [1.54, 1.807) is 0 Å². The molecule has 0 aliphatic carbocycles. The van der Waals surface area contributed by atoms with Gasteiger partial charge in [-0.05, 0) is 18.9 Å². The highest BCUT2D eigenvalue weighted by Gasteiger charge is 1.85. The van der Waals surface area contributed by atoms with Crippen molar-refractivity contribution in [2.24, 2.45) is 0 Å². The van der Waals surface area contributed by atoms with E-state index >= 15 is 0 Å². The van der Waals surface area contributed by atoms with Gasteiger partial charge in [-0.15, -0.1) is 6.58 Å². The first-order valence-electron chi connectivity index (χ1n) is 3.30. The van der Waals surface area contributed by atoms with Crippen molar-refractivity contribution in [3.05, 3.63) is 49.1 Å². The second-order valence-corrected chi connectivity index (χ2v) is 2.26. The van der Waals surface area contributed by atoms with E-state index in [1.807, 2.05) is 25.2 Å². The molecule has 54 valence electrons. The Hall–Kier alpha value is -1.04. The minimum atomic E-state index is 0.871. The van der Waals surface area contributed by atoms with Crippen molar-refractivity contribution in [3.8, 4) is 0 Å². The summed E-state index contributed by atoms with van der Waals surface area (Å²) in [7, 11) is 0. The fraction of sp³-hybridized carbons (Fsp3) is 0.200. The Morgan fingerprint density at radius 3 is 2.30 bits per heavy atom. The summed E-state index contributed by atoms with van der Waals surface area (Å²) in [5.41, 5.74) is 2.22. The third-order valence-corrected chi connectivity index (χ3v) is 1.07. The zero-order chi connectivity index (χ0) is 7.98. The third kappa shape index (κ3) is 3.90. The van der Waals surface area contributed by atoms with Gasteiger partial charge in [0.1, 0.15) is 0 Å². The number of hydrogen-bond donors (Lipinski definition) is 0. The van der Waals surface area contributed by atoms with Crippen LogP contribution in [-0.4, -0.2) is 0 Å². The Morgan fingerprint density at radius 2 is 2.00 bits per heavy atom. The normalized spacial score (nSPS) is 10.7. The van der Waals surface area contributed by atoms with E-state index in [4.69, 9.17) is 0 Å². The van der Waals surface area contributed by atoms with Gasteiger partial charge in [0.2, 0.25) is 0 Å². The molecule has 0 amide bonds. The molecule has 0 heteroatoms. The van der Waals surface area contributed by atoms with Gasteiger partial charge in [0.15, 0.2) is 0 Å². The van der Waals surface area contributed by atoms with Crippen molar-refractivity contribution in [1.82, 2.24) is 0 Å². The van der Waals surface area contributed by atoms with Crippen molar-refractivity contribution in [1.29, 1.82) is 0 Å². The van der Waals surface area contributed by atoms with Crippen molar-refractivity contribution >= 4 is 0 Å². The van der Waals surface area contributed by atoms with E-state index in [0.717, 1.165) is 12.0 Å². The topological polar surface area (TPSA) is 0 Å². The van der Waals surface area contributed by atoms with Gasteiger partial charge in [-0.3, -0.25) is 0 Å². The van der Waals surface area contributed by atoms with E-state index in [0.29, 0.717) is 0 Å². The van der Waals surface area contributed by atoms with Crippen LogP contribution in [0, 0.1) is 0 Å². The van der Waals surface area contributed by atoms with Crippen molar-refractivity contribution in [2.75, 3.05) is 0 Å². The van der Waals surface area contributed by atoms with Crippen molar-refractivity contribution in [2.45, 2.75) is 13.3 Å². The molecule has 0 unspecified atom stereocenters. The molecule has 0 aliphatic rings. The van der Waals surface area contributed by atoms with Gasteiger partial charge in [-0.1, -0.05) is 37.0 Å². The van der Waals surface area contributed by atoms with Crippen LogP contribution in [0.15, 0.2) is 49.1 Å². The highest BCUT2D eigenvalue weighted by Crippen LogP contribution is 2.05. The second kappa shape index (κ2) is 4.80. The van der Waals surface area contributed by atoms with Gasteiger partial charge < -0.3 is 0 Å². The molecule has 0 heterocycles. The number of rotatable bonds is 4. The quantitative estimate of drug-likeness (QED) is 0.409. The van der Waals surface area contributed by atoms with Gasteiger partial charge in [0.25, 0.3) is 0 Å². The highest BCUT2D eigenvalue weighted by molar-refractivity contribution is 5.27. The summed E-state index contributed by atoms with van der Waals surface area (Å²) >= 11 is 0. The maximum atomic E-state index is 3.77. The van der Waals surface area contributed by atoms with Crippen LogP contribution >= 0.6 is 0 Å². The molecule has 0 aromatic carbocycles. The standard InChI is InChI=1S/C10H14/c1-5-7-10(6-2)8-9(3)4/h5-6,8H,1-3,7H2,4H3. The Morgan fingerprint density at radius 1 is 1.40 bits per heavy atom. The lowest BCUT2D eigenvalue weighted by molar-refractivity contribution is 1.28. The van der Waals surface area contributed by atoms with Crippen LogP contribution in [-0.2, 0) is 0 Å². The number of allylic oxidation sites excluding steroid dienone is 5. The molecule has 0 atom stereocenters. The average Bonchev–Trinajstić information content (AvgIpc) is 1.86. The minimum absolute atomic E-state index is 0.871. The highest BCUT2D eigenvalue weighted by atomic mass is 13.9. The van der Waals surface area contributed by atoms with Gasteiger partial charge >= 0.3 is 0 Å². The van der Waals surface area contributed by atoms with Gasteiger partial charge in [0, 0.05) is 0 Å².